The van der Waals surface area contributed by atoms with Gasteiger partial charge in [-0.05, 0) is 55.2 Å². The predicted octanol–water partition coefficient (Wildman–Crippen LogP) is 3.99. The van der Waals surface area contributed by atoms with Gasteiger partial charge in [0.15, 0.2) is 0 Å². The summed E-state index contributed by atoms with van der Waals surface area (Å²) in [5, 5.41) is 8.88. The lowest BCUT2D eigenvalue weighted by atomic mass is 10.1. The molecule has 0 atom stereocenters. The van der Waals surface area contributed by atoms with E-state index in [2.05, 4.69) is 25.9 Å². The van der Waals surface area contributed by atoms with Crippen molar-refractivity contribution in [2.24, 2.45) is 5.92 Å². The predicted molar refractivity (Wildman–Crippen MR) is 117 cm³/mol. The largest absolute Gasteiger partial charge is 0.352 e. The number of benzene rings is 2. The molecule has 3 N–H and O–H groups in total. The van der Waals surface area contributed by atoms with Crippen LogP contribution < -0.4 is 16.0 Å². The number of aromatic nitrogens is 2. The number of nitrogens with one attached hydrogen (secondary N) is 3. The molecule has 1 saturated carbocycles. The number of amides is 2. The lowest BCUT2D eigenvalue weighted by molar-refractivity contribution is -0.114. The van der Waals surface area contributed by atoms with Gasteiger partial charge in [0.2, 0.25) is 11.9 Å². The minimum atomic E-state index is -0.111. The molecule has 2 aromatic carbocycles. The van der Waals surface area contributed by atoms with Crippen LogP contribution in [0.25, 0.3) is 11.3 Å². The maximum absolute atomic E-state index is 12.3. The number of hydrogen-bond donors (Lipinski definition) is 3. The third-order valence-electron chi connectivity index (χ3n) is 4.79. The third-order valence-corrected chi connectivity index (χ3v) is 4.79. The summed E-state index contributed by atoms with van der Waals surface area (Å²) < 4.78 is 0. The van der Waals surface area contributed by atoms with Crippen LogP contribution in [0.2, 0.25) is 0 Å². The van der Waals surface area contributed by atoms with Crippen LogP contribution in [0.15, 0.2) is 60.8 Å². The average molecular weight is 401 g/mol. The van der Waals surface area contributed by atoms with E-state index >= 15 is 0 Å². The zero-order chi connectivity index (χ0) is 20.9. The minimum absolute atomic E-state index is 0.0699. The molecule has 1 heterocycles. The van der Waals surface area contributed by atoms with Crippen LogP contribution in [0, 0.1) is 5.92 Å². The Morgan fingerprint density at radius 1 is 1.03 bits per heavy atom. The summed E-state index contributed by atoms with van der Waals surface area (Å²) >= 11 is 0. The van der Waals surface area contributed by atoms with Crippen molar-refractivity contribution >= 4 is 29.1 Å². The molecule has 1 aromatic heterocycles. The average Bonchev–Trinajstić information content (AvgIpc) is 3.57. The van der Waals surface area contributed by atoms with Crippen molar-refractivity contribution < 1.29 is 9.59 Å². The zero-order valence-electron chi connectivity index (χ0n) is 16.7. The lowest BCUT2D eigenvalue weighted by Gasteiger charge is -2.09. The molecule has 0 bridgehead atoms. The molecule has 0 radical (unpaired) electrons. The lowest BCUT2D eigenvalue weighted by Crippen LogP contribution is -2.25. The Hall–Kier alpha value is -3.74. The van der Waals surface area contributed by atoms with Gasteiger partial charge in [0.25, 0.3) is 5.91 Å². The van der Waals surface area contributed by atoms with Gasteiger partial charge in [-0.15, -0.1) is 0 Å². The summed E-state index contributed by atoms with van der Waals surface area (Å²) in [5.41, 5.74) is 3.73. The van der Waals surface area contributed by atoms with E-state index in [-0.39, 0.29) is 11.8 Å². The Bertz CT molecular complexity index is 1060. The Morgan fingerprint density at radius 3 is 2.57 bits per heavy atom. The van der Waals surface area contributed by atoms with Gasteiger partial charge in [-0.2, -0.15) is 0 Å². The highest BCUT2D eigenvalue weighted by molar-refractivity contribution is 5.95. The van der Waals surface area contributed by atoms with Crippen molar-refractivity contribution in [3.63, 3.8) is 0 Å². The SMILES string of the molecule is CC(=O)Nc1ccc(-c2ccnc(Nc3cccc(C(=O)NCC4CC4)c3)n2)cc1. The number of carbonyl (C=O) groups is 2. The van der Waals surface area contributed by atoms with Gasteiger partial charge < -0.3 is 16.0 Å². The number of hydrogen-bond acceptors (Lipinski definition) is 5. The van der Waals surface area contributed by atoms with Crippen LogP contribution in [-0.2, 0) is 4.79 Å². The normalized spacial score (nSPS) is 12.8. The van der Waals surface area contributed by atoms with Crippen LogP contribution in [0.5, 0.6) is 0 Å². The molecule has 7 nitrogen and oxygen atoms in total. The maximum Gasteiger partial charge on any atom is 0.251 e. The van der Waals surface area contributed by atoms with Gasteiger partial charge in [-0.25, -0.2) is 9.97 Å². The van der Waals surface area contributed by atoms with Crippen molar-refractivity contribution in [1.82, 2.24) is 15.3 Å². The van der Waals surface area contributed by atoms with Gasteiger partial charge in [-0.1, -0.05) is 18.2 Å². The Morgan fingerprint density at radius 2 is 1.83 bits per heavy atom. The van der Waals surface area contributed by atoms with Gasteiger partial charge >= 0.3 is 0 Å². The van der Waals surface area contributed by atoms with Crippen molar-refractivity contribution in [3.05, 3.63) is 66.4 Å². The summed E-state index contributed by atoms with van der Waals surface area (Å²) in [6, 6.07) is 16.5. The van der Waals surface area contributed by atoms with Gasteiger partial charge in [-0.3, -0.25) is 9.59 Å². The second kappa shape index (κ2) is 8.73. The van der Waals surface area contributed by atoms with Crippen LogP contribution >= 0.6 is 0 Å². The van der Waals surface area contributed by atoms with Crippen molar-refractivity contribution in [2.45, 2.75) is 19.8 Å². The van der Waals surface area contributed by atoms with E-state index in [1.165, 1.54) is 19.8 Å². The second-order valence-electron chi connectivity index (χ2n) is 7.38. The first kappa shape index (κ1) is 19.6. The third kappa shape index (κ3) is 5.20. The monoisotopic (exact) mass is 401 g/mol. The van der Waals surface area contributed by atoms with Gasteiger partial charge in [0.1, 0.15) is 0 Å². The molecule has 152 valence electrons. The highest BCUT2D eigenvalue weighted by Crippen LogP contribution is 2.27. The molecule has 0 spiro atoms. The maximum atomic E-state index is 12.3. The fourth-order valence-electron chi connectivity index (χ4n) is 3.04. The number of anilines is 3. The van der Waals surface area contributed by atoms with E-state index in [0.717, 1.165) is 29.2 Å². The van der Waals surface area contributed by atoms with E-state index in [4.69, 9.17) is 0 Å². The van der Waals surface area contributed by atoms with E-state index in [1.807, 2.05) is 42.5 Å². The molecule has 1 aliphatic rings. The van der Waals surface area contributed by atoms with Crippen molar-refractivity contribution in [3.8, 4) is 11.3 Å². The molecular weight excluding hydrogens is 378 g/mol. The standard InChI is InChI=1S/C23H23N5O2/c1-15(29)26-19-9-7-17(8-10-19)21-11-12-24-23(28-21)27-20-4-2-3-18(13-20)22(30)25-14-16-5-6-16/h2-4,7-13,16H,5-6,14H2,1H3,(H,25,30)(H,26,29)(H,24,27,28). The molecule has 1 fully saturated rings. The molecular formula is C23H23N5O2. The molecule has 7 heteroatoms. The summed E-state index contributed by atoms with van der Waals surface area (Å²) in [4.78, 5) is 32.3. The fraction of sp³-hybridized carbons (Fsp3) is 0.217. The number of rotatable bonds is 7. The molecule has 0 aliphatic heterocycles. The van der Waals surface area contributed by atoms with E-state index < -0.39 is 0 Å². The first-order valence-corrected chi connectivity index (χ1v) is 9.93. The van der Waals surface area contributed by atoms with Crippen molar-refractivity contribution in [1.29, 1.82) is 0 Å². The Kier molecular flexibility index (Phi) is 5.70. The number of nitrogens with zero attached hydrogens (tertiary/aromatic N) is 2. The van der Waals surface area contributed by atoms with Gasteiger partial charge in [0.05, 0.1) is 5.69 Å². The molecule has 1 aliphatic carbocycles. The summed E-state index contributed by atoms with van der Waals surface area (Å²) in [7, 11) is 0. The zero-order valence-corrected chi connectivity index (χ0v) is 16.7. The smallest absolute Gasteiger partial charge is 0.251 e. The van der Waals surface area contributed by atoms with E-state index in [9.17, 15) is 9.59 Å². The molecule has 4 rings (SSSR count). The van der Waals surface area contributed by atoms with Crippen molar-refractivity contribution in [2.75, 3.05) is 17.2 Å². The van der Waals surface area contributed by atoms with Crippen LogP contribution in [0.3, 0.4) is 0 Å². The van der Waals surface area contributed by atoms with Crippen LogP contribution in [-0.4, -0.2) is 28.3 Å². The quantitative estimate of drug-likeness (QED) is 0.556. The molecule has 30 heavy (non-hydrogen) atoms. The molecule has 0 saturated heterocycles. The van der Waals surface area contributed by atoms with Crippen LogP contribution in [0.1, 0.15) is 30.1 Å². The molecule has 3 aromatic rings. The summed E-state index contributed by atoms with van der Waals surface area (Å²) in [6.45, 7) is 2.21. The highest BCUT2D eigenvalue weighted by Gasteiger charge is 2.21. The van der Waals surface area contributed by atoms with E-state index in [1.54, 1.807) is 18.3 Å². The molecule has 0 unspecified atom stereocenters. The van der Waals surface area contributed by atoms with Crippen LogP contribution in [0.4, 0.5) is 17.3 Å². The minimum Gasteiger partial charge on any atom is -0.352 e. The first-order chi connectivity index (χ1) is 14.6. The topological polar surface area (TPSA) is 96.0 Å². The Balaban J connectivity index is 1.45. The first-order valence-electron chi connectivity index (χ1n) is 9.93. The summed E-state index contributed by atoms with van der Waals surface area (Å²) in [6.07, 6.45) is 4.08. The van der Waals surface area contributed by atoms with Gasteiger partial charge in [0, 0.05) is 42.2 Å². The summed E-state index contributed by atoms with van der Waals surface area (Å²) in [5.74, 6) is 0.895. The fourth-order valence-corrected chi connectivity index (χ4v) is 3.04. The number of carbonyl (C=O) groups excluding carboxylic acids is 2. The second-order valence-corrected chi connectivity index (χ2v) is 7.38. The van der Waals surface area contributed by atoms with E-state index in [0.29, 0.717) is 17.4 Å². The molecule has 2 amide bonds. The Labute approximate surface area is 175 Å². The highest BCUT2D eigenvalue weighted by atomic mass is 16.2.